The molecule has 14 heavy (non-hydrogen) atoms. The normalized spacial score (nSPS) is 10.1. The molecule has 4 nitrogen and oxygen atoms in total. The highest BCUT2D eigenvalue weighted by Gasteiger charge is 1.96. The summed E-state index contributed by atoms with van der Waals surface area (Å²) < 4.78 is 3.90. The first-order valence-electron chi connectivity index (χ1n) is 4.25. The van der Waals surface area contributed by atoms with Gasteiger partial charge in [-0.25, -0.2) is 4.98 Å². The lowest BCUT2D eigenvalue weighted by molar-refractivity contribution is 1.09. The molecule has 0 aromatic carbocycles. The lowest BCUT2D eigenvalue weighted by Crippen LogP contribution is -1.99. The Morgan fingerprint density at radius 2 is 2.36 bits per heavy atom. The third kappa shape index (κ3) is 2.26. The van der Waals surface area contributed by atoms with Gasteiger partial charge in [0.25, 0.3) is 0 Å². The van der Waals surface area contributed by atoms with Crippen LogP contribution in [0.1, 0.15) is 11.1 Å². The number of nitrogens with one attached hydrogen (secondary N) is 1. The van der Waals surface area contributed by atoms with Crippen LogP contribution in [-0.2, 0) is 6.54 Å². The van der Waals surface area contributed by atoms with Gasteiger partial charge in [0.15, 0.2) is 0 Å². The molecule has 0 aliphatic heterocycles. The number of aryl methyl sites for hydroxylation is 1. The van der Waals surface area contributed by atoms with Crippen LogP contribution in [-0.4, -0.2) is 14.3 Å². The van der Waals surface area contributed by atoms with E-state index in [0.29, 0.717) is 0 Å². The summed E-state index contributed by atoms with van der Waals surface area (Å²) in [6.07, 6.45) is 5.23. The maximum absolute atomic E-state index is 4.11. The van der Waals surface area contributed by atoms with Crippen molar-refractivity contribution >= 4 is 16.7 Å². The lowest BCUT2D eigenvalue weighted by atomic mass is 10.2. The number of rotatable bonds is 3. The molecule has 2 heterocycles. The number of anilines is 1. The summed E-state index contributed by atoms with van der Waals surface area (Å²) in [5, 5.41) is 4.01. The molecule has 2 aromatic rings. The van der Waals surface area contributed by atoms with Crippen molar-refractivity contribution in [2.24, 2.45) is 0 Å². The van der Waals surface area contributed by atoms with Gasteiger partial charge in [0.05, 0.1) is 0 Å². The van der Waals surface area contributed by atoms with Gasteiger partial charge in [0.2, 0.25) is 5.13 Å². The van der Waals surface area contributed by atoms with Crippen LogP contribution in [0.3, 0.4) is 0 Å². The van der Waals surface area contributed by atoms with Crippen molar-refractivity contribution in [2.75, 3.05) is 5.32 Å². The van der Waals surface area contributed by atoms with Gasteiger partial charge < -0.3 is 5.32 Å². The lowest BCUT2D eigenvalue weighted by Gasteiger charge is -2.02. The summed E-state index contributed by atoms with van der Waals surface area (Å²) in [5.74, 6) is 0. The third-order valence-corrected chi connectivity index (χ3v) is 2.36. The fourth-order valence-corrected chi connectivity index (χ4v) is 1.57. The summed E-state index contributed by atoms with van der Waals surface area (Å²) in [4.78, 5) is 8.14. The van der Waals surface area contributed by atoms with E-state index in [4.69, 9.17) is 0 Å². The smallest absolute Gasteiger partial charge is 0.202 e. The second kappa shape index (κ2) is 4.15. The topological polar surface area (TPSA) is 50.7 Å². The minimum absolute atomic E-state index is 0.740. The predicted molar refractivity (Wildman–Crippen MR) is 56.2 cm³/mol. The second-order valence-corrected chi connectivity index (χ2v) is 3.75. The monoisotopic (exact) mass is 206 g/mol. The summed E-state index contributed by atoms with van der Waals surface area (Å²) in [6, 6.07) is 2.10. The molecule has 5 heteroatoms. The Hall–Kier alpha value is -1.49. The van der Waals surface area contributed by atoms with Gasteiger partial charge in [-0.05, 0) is 18.1 Å². The first-order chi connectivity index (χ1) is 6.84. The summed E-state index contributed by atoms with van der Waals surface area (Å²) in [7, 11) is 0. The summed E-state index contributed by atoms with van der Waals surface area (Å²) >= 11 is 1.35. The molecule has 0 atom stereocenters. The average Bonchev–Trinajstić information content (AvgIpc) is 2.67. The maximum atomic E-state index is 4.11. The molecule has 1 N–H and O–H groups in total. The zero-order chi connectivity index (χ0) is 9.80. The molecule has 2 rings (SSSR count). The van der Waals surface area contributed by atoms with Gasteiger partial charge in [0, 0.05) is 30.5 Å². The molecule has 72 valence electrons. The van der Waals surface area contributed by atoms with E-state index in [1.165, 1.54) is 17.1 Å². The molecule has 0 amide bonds. The number of pyridine rings is 1. The molecule has 0 spiro atoms. The van der Waals surface area contributed by atoms with Gasteiger partial charge >= 0.3 is 0 Å². The molecular formula is C9H10N4S. The maximum Gasteiger partial charge on any atom is 0.202 e. The molecule has 0 fully saturated rings. The van der Waals surface area contributed by atoms with Crippen LogP contribution in [0.5, 0.6) is 0 Å². The van der Waals surface area contributed by atoms with Crippen LogP contribution in [0.4, 0.5) is 5.13 Å². The van der Waals surface area contributed by atoms with Gasteiger partial charge in [-0.3, -0.25) is 4.98 Å². The fraction of sp³-hybridized carbons (Fsp3) is 0.222. The van der Waals surface area contributed by atoms with E-state index in [1.54, 1.807) is 6.33 Å². The van der Waals surface area contributed by atoms with Crippen LogP contribution in [0.25, 0.3) is 0 Å². The Morgan fingerprint density at radius 1 is 1.43 bits per heavy atom. The zero-order valence-corrected chi connectivity index (χ0v) is 8.58. The van der Waals surface area contributed by atoms with Crippen LogP contribution in [0, 0.1) is 6.92 Å². The zero-order valence-electron chi connectivity index (χ0n) is 7.77. The highest BCUT2D eigenvalue weighted by Crippen LogP contribution is 2.09. The molecule has 0 radical (unpaired) electrons. The van der Waals surface area contributed by atoms with Crippen LogP contribution >= 0.6 is 11.5 Å². The molecule has 0 aliphatic carbocycles. The Bertz CT molecular complexity index is 399. The van der Waals surface area contributed by atoms with Crippen LogP contribution < -0.4 is 5.32 Å². The van der Waals surface area contributed by atoms with Crippen molar-refractivity contribution in [3.05, 3.63) is 35.9 Å². The van der Waals surface area contributed by atoms with Crippen molar-refractivity contribution in [3.8, 4) is 0 Å². The van der Waals surface area contributed by atoms with Gasteiger partial charge in [-0.1, -0.05) is 6.07 Å². The number of nitrogens with zero attached hydrogens (tertiary/aromatic N) is 3. The Balaban J connectivity index is 1.98. The summed E-state index contributed by atoms with van der Waals surface area (Å²) in [5.41, 5.74) is 2.32. The van der Waals surface area contributed by atoms with E-state index in [0.717, 1.165) is 17.2 Å². The van der Waals surface area contributed by atoms with E-state index in [-0.39, 0.29) is 0 Å². The Kier molecular flexibility index (Phi) is 2.69. The van der Waals surface area contributed by atoms with Crippen LogP contribution in [0.2, 0.25) is 0 Å². The fourth-order valence-electron chi connectivity index (χ4n) is 1.14. The molecule has 0 saturated carbocycles. The highest BCUT2D eigenvalue weighted by molar-refractivity contribution is 7.09. The van der Waals surface area contributed by atoms with Crippen LogP contribution in [0.15, 0.2) is 24.8 Å². The van der Waals surface area contributed by atoms with Crippen molar-refractivity contribution < 1.29 is 0 Å². The van der Waals surface area contributed by atoms with Gasteiger partial charge in [0.1, 0.15) is 6.33 Å². The van der Waals surface area contributed by atoms with Crippen molar-refractivity contribution in [2.45, 2.75) is 13.5 Å². The minimum atomic E-state index is 0.740. The average molecular weight is 206 g/mol. The molecular weight excluding hydrogens is 196 g/mol. The molecule has 0 unspecified atom stereocenters. The quantitative estimate of drug-likeness (QED) is 0.832. The van der Waals surface area contributed by atoms with Crippen molar-refractivity contribution in [1.29, 1.82) is 0 Å². The van der Waals surface area contributed by atoms with E-state index >= 15 is 0 Å². The summed E-state index contributed by atoms with van der Waals surface area (Å²) in [6.45, 7) is 2.77. The molecule has 0 aliphatic rings. The van der Waals surface area contributed by atoms with Gasteiger partial charge in [-0.15, -0.1) is 0 Å². The standard InChI is InChI=1S/C9H10N4S/c1-7-2-8(4-10-3-7)5-11-9-12-6-13-14-9/h2-4,6H,5H2,1H3,(H,11,12,13). The van der Waals surface area contributed by atoms with E-state index < -0.39 is 0 Å². The highest BCUT2D eigenvalue weighted by atomic mass is 32.1. The Labute approximate surface area is 86.2 Å². The molecule has 0 saturated heterocycles. The first-order valence-corrected chi connectivity index (χ1v) is 5.03. The number of aromatic nitrogens is 3. The number of hydrogen-bond donors (Lipinski definition) is 1. The second-order valence-electron chi connectivity index (χ2n) is 2.97. The van der Waals surface area contributed by atoms with E-state index in [9.17, 15) is 0 Å². The number of hydrogen-bond acceptors (Lipinski definition) is 5. The van der Waals surface area contributed by atoms with Gasteiger partial charge in [-0.2, -0.15) is 4.37 Å². The first kappa shape index (κ1) is 9.08. The van der Waals surface area contributed by atoms with E-state index in [1.807, 2.05) is 19.3 Å². The third-order valence-electron chi connectivity index (χ3n) is 1.74. The van der Waals surface area contributed by atoms with Crippen molar-refractivity contribution in [3.63, 3.8) is 0 Å². The molecule has 2 aromatic heterocycles. The van der Waals surface area contributed by atoms with Crippen molar-refractivity contribution in [1.82, 2.24) is 14.3 Å². The SMILES string of the molecule is Cc1cncc(CNc2ncns2)c1. The largest absolute Gasteiger partial charge is 0.356 e. The van der Waals surface area contributed by atoms with E-state index in [2.05, 4.69) is 25.7 Å². The minimum Gasteiger partial charge on any atom is -0.356 e. The molecule has 0 bridgehead atoms. The Morgan fingerprint density at radius 3 is 3.07 bits per heavy atom. The predicted octanol–water partition coefficient (Wildman–Crippen LogP) is 1.85.